The largest absolute Gasteiger partial charge is 0.398 e. The number of anilines is 1. The number of nitrogens with two attached hydrogens (primary N) is 1. The Balaban J connectivity index is 1.96. The molecule has 0 saturated heterocycles. The van der Waals surface area contributed by atoms with Crippen LogP contribution in [0.2, 0.25) is 0 Å². The predicted octanol–water partition coefficient (Wildman–Crippen LogP) is 1.94. The first-order valence-electron chi connectivity index (χ1n) is 5.49. The van der Waals surface area contributed by atoms with Gasteiger partial charge in [-0.05, 0) is 31.0 Å². The maximum absolute atomic E-state index is 11.9. The van der Waals surface area contributed by atoms with Gasteiger partial charge in [-0.2, -0.15) is 0 Å². The molecule has 0 radical (unpaired) electrons. The van der Waals surface area contributed by atoms with E-state index >= 15 is 0 Å². The van der Waals surface area contributed by atoms with Crippen molar-refractivity contribution < 1.29 is 9.53 Å². The first-order chi connectivity index (χ1) is 8.10. The smallest absolute Gasteiger partial charge is 0.253 e. The summed E-state index contributed by atoms with van der Waals surface area (Å²) in [4.78, 5) is 11.9. The molecule has 0 heterocycles. The van der Waals surface area contributed by atoms with Crippen molar-refractivity contribution in [2.45, 2.75) is 25.0 Å². The fourth-order valence-electron chi connectivity index (χ4n) is 1.88. The molecule has 1 aliphatic rings. The topological polar surface area (TPSA) is 64.3 Å². The van der Waals surface area contributed by atoms with Gasteiger partial charge in [0, 0.05) is 23.3 Å². The molecule has 4 nitrogen and oxygen atoms in total. The summed E-state index contributed by atoms with van der Waals surface area (Å²) in [6.07, 6.45) is 2.03. The first kappa shape index (κ1) is 12.4. The summed E-state index contributed by atoms with van der Waals surface area (Å²) in [5.74, 6) is -0.116. The molecule has 1 aromatic rings. The van der Waals surface area contributed by atoms with Crippen molar-refractivity contribution in [3.63, 3.8) is 0 Å². The van der Waals surface area contributed by atoms with Crippen molar-refractivity contribution in [2.75, 3.05) is 12.8 Å². The minimum Gasteiger partial charge on any atom is -0.398 e. The molecule has 0 unspecified atom stereocenters. The first-order valence-corrected chi connectivity index (χ1v) is 6.28. The maximum Gasteiger partial charge on any atom is 0.253 e. The number of ether oxygens (including phenoxy) is 1. The summed E-state index contributed by atoms with van der Waals surface area (Å²) in [6, 6.07) is 5.47. The average Bonchev–Trinajstić information content (AvgIpc) is 2.22. The molecule has 1 saturated carbocycles. The zero-order valence-electron chi connectivity index (χ0n) is 9.57. The van der Waals surface area contributed by atoms with E-state index in [-0.39, 0.29) is 18.1 Å². The van der Waals surface area contributed by atoms with E-state index in [1.165, 1.54) is 0 Å². The standard InChI is InChI=1S/C12H15BrN2O2/c1-17-9-5-8(6-9)15-12(16)10-3-2-7(13)4-11(10)14/h2-4,8-9H,5-6,14H2,1H3,(H,15,16). The van der Waals surface area contributed by atoms with E-state index in [0.717, 1.165) is 17.3 Å². The highest BCUT2D eigenvalue weighted by Crippen LogP contribution is 2.24. The summed E-state index contributed by atoms with van der Waals surface area (Å²) in [7, 11) is 1.69. The maximum atomic E-state index is 11.9. The predicted molar refractivity (Wildman–Crippen MR) is 69.8 cm³/mol. The highest BCUT2D eigenvalue weighted by Gasteiger charge is 2.30. The summed E-state index contributed by atoms with van der Waals surface area (Å²) < 4.78 is 6.03. The number of methoxy groups -OCH3 is 1. The van der Waals surface area contributed by atoms with Gasteiger partial charge in [-0.1, -0.05) is 15.9 Å². The van der Waals surface area contributed by atoms with Crippen LogP contribution in [0.4, 0.5) is 5.69 Å². The van der Waals surface area contributed by atoms with Crippen LogP contribution in [0.15, 0.2) is 22.7 Å². The lowest BCUT2D eigenvalue weighted by molar-refractivity contribution is 0.0176. The van der Waals surface area contributed by atoms with Crippen LogP contribution in [0.25, 0.3) is 0 Å². The number of carbonyl (C=O) groups is 1. The zero-order valence-corrected chi connectivity index (χ0v) is 11.2. The van der Waals surface area contributed by atoms with Gasteiger partial charge in [-0.3, -0.25) is 4.79 Å². The molecule has 1 amide bonds. The fraction of sp³-hybridized carbons (Fsp3) is 0.417. The van der Waals surface area contributed by atoms with Gasteiger partial charge in [0.1, 0.15) is 0 Å². The quantitative estimate of drug-likeness (QED) is 0.838. The number of amides is 1. The molecule has 0 bridgehead atoms. The Labute approximate surface area is 109 Å². The van der Waals surface area contributed by atoms with Crippen LogP contribution in [0.5, 0.6) is 0 Å². The van der Waals surface area contributed by atoms with Crippen molar-refractivity contribution in [3.05, 3.63) is 28.2 Å². The Hall–Kier alpha value is -1.07. The molecule has 0 aliphatic heterocycles. The second-order valence-corrected chi connectivity index (χ2v) is 5.15. The van der Waals surface area contributed by atoms with E-state index in [1.807, 2.05) is 6.07 Å². The monoisotopic (exact) mass is 298 g/mol. The van der Waals surface area contributed by atoms with E-state index in [4.69, 9.17) is 10.5 Å². The minimum absolute atomic E-state index is 0.116. The van der Waals surface area contributed by atoms with Gasteiger partial charge in [0.25, 0.3) is 5.91 Å². The van der Waals surface area contributed by atoms with Crippen molar-refractivity contribution in [2.24, 2.45) is 0 Å². The Morgan fingerprint density at radius 3 is 2.82 bits per heavy atom. The molecule has 3 N–H and O–H groups in total. The molecular weight excluding hydrogens is 284 g/mol. The molecule has 5 heteroatoms. The molecule has 92 valence electrons. The van der Waals surface area contributed by atoms with E-state index in [2.05, 4.69) is 21.2 Å². The van der Waals surface area contributed by atoms with Gasteiger partial charge in [0.2, 0.25) is 0 Å². The average molecular weight is 299 g/mol. The molecule has 0 atom stereocenters. The molecule has 2 rings (SSSR count). The third-order valence-electron chi connectivity index (χ3n) is 3.02. The van der Waals surface area contributed by atoms with Crippen LogP contribution in [-0.4, -0.2) is 25.2 Å². The number of nitrogen functional groups attached to an aromatic ring is 1. The lowest BCUT2D eigenvalue weighted by Crippen LogP contribution is -2.47. The number of rotatable bonds is 3. The molecule has 1 aliphatic carbocycles. The summed E-state index contributed by atoms with van der Waals surface area (Å²) in [5.41, 5.74) is 6.80. The summed E-state index contributed by atoms with van der Waals surface area (Å²) in [5, 5.41) is 2.94. The zero-order chi connectivity index (χ0) is 12.4. The number of hydrogen-bond acceptors (Lipinski definition) is 3. The van der Waals surface area contributed by atoms with Crippen LogP contribution in [-0.2, 0) is 4.74 Å². The van der Waals surface area contributed by atoms with Gasteiger partial charge >= 0.3 is 0 Å². The molecule has 1 aromatic carbocycles. The normalized spacial score (nSPS) is 22.9. The Kier molecular flexibility index (Phi) is 3.69. The van der Waals surface area contributed by atoms with Crippen molar-refractivity contribution in [3.8, 4) is 0 Å². The minimum atomic E-state index is -0.116. The number of benzene rings is 1. The lowest BCUT2D eigenvalue weighted by Gasteiger charge is -2.34. The van der Waals surface area contributed by atoms with Crippen LogP contribution >= 0.6 is 15.9 Å². The van der Waals surface area contributed by atoms with E-state index in [0.29, 0.717) is 11.3 Å². The van der Waals surface area contributed by atoms with Crippen molar-refractivity contribution >= 4 is 27.5 Å². The summed E-state index contributed by atoms with van der Waals surface area (Å²) >= 11 is 3.31. The van der Waals surface area contributed by atoms with Gasteiger partial charge in [0.15, 0.2) is 0 Å². The fourth-order valence-corrected chi connectivity index (χ4v) is 2.26. The van der Waals surface area contributed by atoms with Gasteiger partial charge in [-0.25, -0.2) is 0 Å². The highest BCUT2D eigenvalue weighted by atomic mass is 79.9. The lowest BCUT2D eigenvalue weighted by atomic mass is 9.89. The third-order valence-corrected chi connectivity index (χ3v) is 3.51. The van der Waals surface area contributed by atoms with E-state index in [9.17, 15) is 4.79 Å². The molecule has 1 fully saturated rings. The summed E-state index contributed by atoms with van der Waals surface area (Å²) in [6.45, 7) is 0. The number of halogens is 1. The molecule has 0 spiro atoms. The van der Waals surface area contributed by atoms with E-state index < -0.39 is 0 Å². The number of hydrogen-bond donors (Lipinski definition) is 2. The Morgan fingerprint density at radius 1 is 1.53 bits per heavy atom. The van der Waals surface area contributed by atoms with Crippen LogP contribution in [0, 0.1) is 0 Å². The highest BCUT2D eigenvalue weighted by molar-refractivity contribution is 9.10. The Bertz CT molecular complexity index is 431. The third kappa shape index (κ3) is 2.79. The molecule has 0 aromatic heterocycles. The van der Waals surface area contributed by atoms with Gasteiger partial charge in [-0.15, -0.1) is 0 Å². The van der Waals surface area contributed by atoms with Crippen molar-refractivity contribution in [1.29, 1.82) is 0 Å². The number of nitrogens with one attached hydrogen (secondary N) is 1. The van der Waals surface area contributed by atoms with Crippen LogP contribution in [0.1, 0.15) is 23.2 Å². The SMILES string of the molecule is COC1CC(NC(=O)c2ccc(Br)cc2N)C1. The number of carbonyl (C=O) groups excluding carboxylic acids is 1. The van der Waals surface area contributed by atoms with Crippen molar-refractivity contribution in [1.82, 2.24) is 5.32 Å². The molecule has 17 heavy (non-hydrogen) atoms. The second kappa shape index (κ2) is 5.06. The van der Waals surface area contributed by atoms with E-state index in [1.54, 1.807) is 19.2 Å². The second-order valence-electron chi connectivity index (χ2n) is 4.23. The van der Waals surface area contributed by atoms with Crippen LogP contribution < -0.4 is 11.1 Å². The Morgan fingerprint density at radius 2 is 2.24 bits per heavy atom. The van der Waals surface area contributed by atoms with Gasteiger partial charge < -0.3 is 15.8 Å². The molecular formula is C12H15BrN2O2. The van der Waals surface area contributed by atoms with Crippen LogP contribution in [0.3, 0.4) is 0 Å². The van der Waals surface area contributed by atoms with Gasteiger partial charge in [0.05, 0.1) is 11.7 Å².